The van der Waals surface area contributed by atoms with E-state index in [9.17, 15) is 8.42 Å². The molecule has 3 rings (SSSR count). The summed E-state index contributed by atoms with van der Waals surface area (Å²) in [6, 6.07) is 19.6. The van der Waals surface area contributed by atoms with Crippen LogP contribution >= 0.6 is 11.6 Å². The van der Waals surface area contributed by atoms with E-state index < -0.39 is 10.0 Å². The lowest BCUT2D eigenvalue weighted by atomic mass is 10.1. The molecule has 116 valence electrons. The highest BCUT2D eigenvalue weighted by Crippen LogP contribution is 2.15. The summed E-state index contributed by atoms with van der Waals surface area (Å²) in [6.07, 6.45) is 1.47. The highest BCUT2D eigenvalue weighted by Gasteiger charge is 2.11. The number of nitrogens with one attached hydrogen (secondary N) is 1. The van der Waals surface area contributed by atoms with E-state index in [1.165, 1.54) is 30.5 Å². The number of halogens is 1. The van der Waals surface area contributed by atoms with Gasteiger partial charge >= 0.3 is 0 Å². The van der Waals surface area contributed by atoms with Crippen molar-refractivity contribution in [1.82, 2.24) is 4.83 Å². The molecular formula is C17H13ClN2O2S. The predicted octanol–water partition coefficient (Wildman–Crippen LogP) is 3.81. The fourth-order valence-corrected chi connectivity index (χ4v) is 3.04. The molecule has 0 aromatic heterocycles. The number of benzene rings is 3. The minimum Gasteiger partial charge on any atom is -0.200 e. The van der Waals surface area contributed by atoms with Crippen molar-refractivity contribution in [3.8, 4) is 0 Å². The molecule has 6 heteroatoms. The molecule has 0 bridgehead atoms. The van der Waals surface area contributed by atoms with Crippen LogP contribution < -0.4 is 4.83 Å². The second-order valence-corrected chi connectivity index (χ2v) is 7.01. The van der Waals surface area contributed by atoms with E-state index in [2.05, 4.69) is 9.93 Å². The Labute approximate surface area is 139 Å². The van der Waals surface area contributed by atoms with Gasteiger partial charge in [-0.25, -0.2) is 4.83 Å². The summed E-state index contributed by atoms with van der Waals surface area (Å²) in [5.74, 6) is 0. The highest BCUT2D eigenvalue weighted by atomic mass is 35.5. The normalized spacial score (nSPS) is 11.9. The maximum atomic E-state index is 12.1. The van der Waals surface area contributed by atoms with E-state index >= 15 is 0 Å². The van der Waals surface area contributed by atoms with Crippen LogP contribution in [0.4, 0.5) is 0 Å². The Hall–Kier alpha value is -2.37. The molecule has 0 saturated carbocycles. The molecule has 3 aromatic rings. The second-order valence-electron chi connectivity index (χ2n) is 4.91. The third kappa shape index (κ3) is 3.70. The maximum Gasteiger partial charge on any atom is 0.276 e. The minimum atomic E-state index is -3.70. The first kappa shape index (κ1) is 15.5. The third-order valence-corrected chi connectivity index (χ3v) is 4.77. The lowest BCUT2D eigenvalue weighted by Gasteiger charge is -2.03. The van der Waals surface area contributed by atoms with Gasteiger partial charge in [0.15, 0.2) is 0 Å². The lowest BCUT2D eigenvalue weighted by Crippen LogP contribution is -2.18. The molecule has 0 amide bonds. The first-order chi connectivity index (χ1) is 11.0. The van der Waals surface area contributed by atoms with Gasteiger partial charge in [-0.05, 0) is 46.7 Å². The predicted molar refractivity (Wildman–Crippen MR) is 93.3 cm³/mol. The van der Waals surface area contributed by atoms with Gasteiger partial charge in [-0.15, -0.1) is 0 Å². The van der Waals surface area contributed by atoms with Crippen molar-refractivity contribution in [1.29, 1.82) is 0 Å². The van der Waals surface area contributed by atoms with Gasteiger partial charge in [0.1, 0.15) is 0 Å². The molecule has 0 spiro atoms. The highest BCUT2D eigenvalue weighted by molar-refractivity contribution is 7.89. The van der Waals surface area contributed by atoms with Gasteiger partial charge in [-0.2, -0.15) is 13.5 Å². The summed E-state index contributed by atoms with van der Waals surface area (Å²) in [5, 5.41) is 6.48. The van der Waals surface area contributed by atoms with E-state index in [-0.39, 0.29) is 4.90 Å². The standard InChI is InChI=1S/C17H13ClN2O2S/c18-16-7-9-17(10-8-16)23(21,22)20-19-12-13-5-6-14-3-1-2-4-15(14)11-13/h1-12,20H/b19-12+. The summed E-state index contributed by atoms with van der Waals surface area (Å²) >= 11 is 5.75. The minimum absolute atomic E-state index is 0.109. The Kier molecular flexibility index (Phi) is 4.32. The summed E-state index contributed by atoms with van der Waals surface area (Å²) in [6.45, 7) is 0. The number of hydrogen-bond donors (Lipinski definition) is 1. The van der Waals surface area contributed by atoms with Crippen molar-refractivity contribution < 1.29 is 8.42 Å². The van der Waals surface area contributed by atoms with Crippen LogP contribution in [0.15, 0.2) is 76.7 Å². The number of hydrogen-bond acceptors (Lipinski definition) is 3. The van der Waals surface area contributed by atoms with Crippen LogP contribution in [0.2, 0.25) is 5.02 Å². The Balaban J connectivity index is 1.78. The molecule has 0 aliphatic carbocycles. The molecule has 0 atom stereocenters. The fourth-order valence-electron chi connectivity index (χ4n) is 2.12. The van der Waals surface area contributed by atoms with E-state index in [1.807, 2.05) is 42.5 Å². The van der Waals surface area contributed by atoms with Crippen LogP contribution in [-0.4, -0.2) is 14.6 Å². The van der Waals surface area contributed by atoms with Gasteiger partial charge < -0.3 is 0 Å². The average molecular weight is 345 g/mol. The van der Waals surface area contributed by atoms with Crippen LogP contribution in [0.5, 0.6) is 0 Å². The van der Waals surface area contributed by atoms with Gasteiger partial charge in [0.25, 0.3) is 10.0 Å². The molecule has 0 radical (unpaired) electrons. The fraction of sp³-hybridized carbons (Fsp3) is 0. The number of sulfonamides is 1. The molecule has 0 fully saturated rings. The van der Waals surface area contributed by atoms with Crippen LogP contribution in [0, 0.1) is 0 Å². The van der Waals surface area contributed by atoms with E-state index in [0.29, 0.717) is 5.02 Å². The zero-order valence-electron chi connectivity index (χ0n) is 12.0. The Morgan fingerprint density at radius 1 is 0.913 bits per heavy atom. The Bertz CT molecular complexity index is 967. The number of fused-ring (bicyclic) bond motifs is 1. The topological polar surface area (TPSA) is 58.5 Å². The van der Waals surface area contributed by atoms with Crippen molar-refractivity contribution in [2.24, 2.45) is 5.10 Å². The third-order valence-electron chi connectivity index (χ3n) is 3.28. The monoisotopic (exact) mass is 344 g/mol. The maximum absolute atomic E-state index is 12.1. The first-order valence-electron chi connectivity index (χ1n) is 6.84. The van der Waals surface area contributed by atoms with Gasteiger partial charge in [-0.3, -0.25) is 0 Å². The van der Waals surface area contributed by atoms with Crippen LogP contribution in [0.3, 0.4) is 0 Å². The quantitative estimate of drug-likeness (QED) is 0.578. The van der Waals surface area contributed by atoms with Gasteiger partial charge in [0.05, 0.1) is 11.1 Å². The van der Waals surface area contributed by atoms with Crippen molar-refractivity contribution in [2.75, 3.05) is 0 Å². The lowest BCUT2D eigenvalue weighted by molar-refractivity contribution is 0.584. The van der Waals surface area contributed by atoms with E-state index in [4.69, 9.17) is 11.6 Å². The number of rotatable bonds is 4. The zero-order chi connectivity index (χ0) is 16.3. The molecule has 4 nitrogen and oxygen atoms in total. The van der Waals surface area contributed by atoms with Crippen molar-refractivity contribution in [3.63, 3.8) is 0 Å². The molecule has 23 heavy (non-hydrogen) atoms. The molecule has 0 heterocycles. The van der Waals surface area contributed by atoms with E-state index in [0.717, 1.165) is 16.3 Å². The molecule has 0 saturated heterocycles. The van der Waals surface area contributed by atoms with Crippen molar-refractivity contribution in [2.45, 2.75) is 4.90 Å². The van der Waals surface area contributed by atoms with Gasteiger partial charge in [-0.1, -0.05) is 48.0 Å². The van der Waals surface area contributed by atoms with Crippen molar-refractivity contribution in [3.05, 3.63) is 77.3 Å². The molecule has 0 unspecified atom stereocenters. The SMILES string of the molecule is O=S(=O)(N/N=C/c1ccc2ccccc2c1)c1ccc(Cl)cc1. The molecule has 1 N–H and O–H groups in total. The average Bonchev–Trinajstić information content (AvgIpc) is 2.55. The molecule has 3 aromatic carbocycles. The van der Waals surface area contributed by atoms with Gasteiger partial charge in [0.2, 0.25) is 0 Å². The smallest absolute Gasteiger partial charge is 0.200 e. The number of hydrazone groups is 1. The Morgan fingerprint density at radius 2 is 1.61 bits per heavy atom. The van der Waals surface area contributed by atoms with Crippen LogP contribution in [0.1, 0.15) is 5.56 Å². The number of nitrogens with zero attached hydrogens (tertiary/aromatic N) is 1. The summed E-state index contributed by atoms with van der Waals surface area (Å²) < 4.78 is 24.2. The first-order valence-corrected chi connectivity index (χ1v) is 8.70. The molecule has 0 aliphatic rings. The summed E-state index contributed by atoms with van der Waals surface area (Å²) in [4.78, 5) is 2.30. The van der Waals surface area contributed by atoms with Gasteiger partial charge in [0, 0.05) is 5.02 Å². The van der Waals surface area contributed by atoms with Crippen LogP contribution in [-0.2, 0) is 10.0 Å². The summed E-state index contributed by atoms with van der Waals surface area (Å²) in [5.41, 5.74) is 0.808. The molecule has 0 aliphatic heterocycles. The van der Waals surface area contributed by atoms with Crippen LogP contribution in [0.25, 0.3) is 10.8 Å². The Morgan fingerprint density at radius 3 is 2.35 bits per heavy atom. The largest absolute Gasteiger partial charge is 0.276 e. The van der Waals surface area contributed by atoms with Crippen molar-refractivity contribution >= 4 is 38.6 Å². The summed E-state index contributed by atoms with van der Waals surface area (Å²) in [7, 11) is -3.70. The second kappa shape index (κ2) is 6.40. The molecular weight excluding hydrogens is 332 g/mol. The zero-order valence-corrected chi connectivity index (χ0v) is 13.6. The van der Waals surface area contributed by atoms with E-state index in [1.54, 1.807) is 0 Å².